The number of nitrogens with two attached hydrogens (primary N) is 2. The van der Waals surface area contributed by atoms with E-state index >= 15 is 0 Å². The van der Waals surface area contributed by atoms with Crippen molar-refractivity contribution in [2.24, 2.45) is 16.5 Å². The Labute approximate surface area is 217 Å². The number of aliphatic imine (C=N–C) groups is 1. The van der Waals surface area contributed by atoms with Crippen molar-refractivity contribution >= 4 is 40.4 Å². The molecule has 3 aromatic rings. The monoisotopic (exact) mass is 506 g/mol. The van der Waals surface area contributed by atoms with Crippen molar-refractivity contribution < 1.29 is 0 Å². The molecule has 1 saturated heterocycles. The Balaban J connectivity index is 1.33. The van der Waals surface area contributed by atoms with E-state index in [1.807, 2.05) is 12.5 Å². The summed E-state index contributed by atoms with van der Waals surface area (Å²) in [7, 11) is 2.16. The smallest absolute Gasteiger partial charge is 0.226 e. The molecule has 1 aliphatic carbocycles. The highest BCUT2D eigenvalue weighted by atomic mass is 15.3. The summed E-state index contributed by atoms with van der Waals surface area (Å²) in [6.45, 7) is 5.42. The van der Waals surface area contributed by atoms with Crippen LogP contribution in [0.25, 0.3) is 11.2 Å². The van der Waals surface area contributed by atoms with E-state index in [2.05, 4.69) is 49.2 Å². The number of likely N-dealkylation sites (N-methyl/N-ethyl adjacent to an activating group) is 1. The van der Waals surface area contributed by atoms with Gasteiger partial charge in [-0.1, -0.05) is 12.8 Å². The Bertz CT molecular complexity index is 1190. The average molecular weight is 507 g/mol. The minimum atomic E-state index is 0.128. The van der Waals surface area contributed by atoms with Crippen LogP contribution in [0.15, 0.2) is 29.6 Å². The molecule has 1 aliphatic heterocycles. The second kappa shape index (κ2) is 11.6. The molecule has 1 saturated carbocycles. The first-order valence-electron chi connectivity index (χ1n) is 13.3. The third-order valence-electron chi connectivity index (χ3n) is 7.14. The molecule has 12 nitrogen and oxygen atoms in total. The van der Waals surface area contributed by atoms with E-state index in [0.717, 1.165) is 81.1 Å². The molecule has 2 aliphatic rings. The number of nitrogens with one attached hydrogen (secondary N) is 2. The molecule has 4 heterocycles. The number of pyridine rings is 1. The van der Waals surface area contributed by atoms with E-state index in [4.69, 9.17) is 31.4 Å². The van der Waals surface area contributed by atoms with Crippen molar-refractivity contribution in [3.63, 3.8) is 0 Å². The number of guanidine groups is 1. The summed E-state index contributed by atoms with van der Waals surface area (Å²) in [4.78, 5) is 27.8. The maximum atomic E-state index is 5.41. The zero-order chi connectivity index (χ0) is 25.6. The number of nitrogens with zero attached hydrogens (tertiary/aromatic N) is 8. The normalized spacial score (nSPS) is 16.8. The maximum Gasteiger partial charge on any atom is 0.226 e. The zero-order valence-electron chi connectivity index (χ0n) is 21.6. The van der Waals surface area contributed by atoms with E-state index in [0.29, 0.717) is 24.4 Å². The highest BCUT2D eigenvalue weighted by molar-refractivity contribution is 5.86. The molecule has 0 unspecified atom stereocenters. The number of unbranched alkanes of at least 4 members (excludes halogenated alkanes) is 1. The van der Waals surface area contributed by atoms with Gasteiger partial charge in [-0.15, -0.1) is 0 Å². The molecule has 0 radical (unpaired) electrons. The molecule has 37 heavy (non-hydrogen) atoms. The average Bonchev–Trinajstić information content (AvgIpc) is 3.57. The van der Waals surface area contributed by atoms with Gasteiger partial charge in [-0.2, -0.15) is 9.97 Å². The first-order valence-corrected chi connectivity index (χ1v) is 13.3. The lowest BCUT2D eigenvalue weighted by atomic mass is 10.2. The van der Waals surface area contributed by atoms with Gasteiger partial charge in [0.05, 0.1) is 18.2 Å². The molecule has 0 spiro atoms. The molecule has 5 rings (SSSR count). The zero-order valence-corrected chi connectivity index (χ0v) is 21.6. The third-order valence-corrected chi connectivity index (χ3v) is 7.14. The van der Waals surface area contributed by atoms with Gasteiger partial charge in [0, 0.05) is 45.3 Å². The number of hydrogen-bond donors (Lipinski definition) is 4. The lowest BCUT2D eigenvalue weighted by Gasteiger charge is -2.33. The van der Waals surface area contributed by atoms with Crippen LogP contribution in [0, 0.1) is 0 Å². The molecule has 0 bridgehead atoms. The minimum absolute atomic E-state index is 0.128. The van der Waals surface area contributed by atoms with Gasteiger partial charge in [0.25, 0.3) is 0 Å². The fraction of sp³-hybridized carbons (Fsp3) is 0.560. The second-order valence-corrected chi connectivity index (χ2v) is 9.92. The molecule has 6 N–H and O–H groups in total. The van der Waals surface area contributed by atoms with Gasteiger partial charge in [0.1, 0.15) is 5.82 Å². The molecular formula is C25H38N12. The van der Waals surface area contributed by atoms with Crippen LogP contribution >= 0.6 is 0 Å². The maximum absolute atomic E-state index is 5.41. The van der Waals surface area contributed by atoms with Gasteiger partial charge in [0.15, 0.2) is 22.9 Å². The van der Waals surface area contributed by atoms with Crippen LogP contribution in [0.4, 0.5) is 23.3 Å². The van der Waals surface area contributed by atoms with Gasteiger partial charge in [-0.05, 0) is 44.9 Å². The van der Waals surface area contributed by atoms with E-state index in [-0.39, 0.29) is 5.96 Å². The predicted molar refractivity (Wildman–Crippen MR) is 148 cm³/mol. The summed E-state index contributed by atoms with van der Waals surface area (Å²) in [6, 6.07) is 4.56. The lowest BCUT2D eigenvalue weighted by molar-refractivity contribution is 0.312. The van der Waals surface area contributed by atoms with Crippen molar-refractivity contribution in [3.8, 4) is 0 Å². The summed E-state index contributed by atoms with van der Waals surface area (Å²) < 4.78 is 2.22. The van der Waals surface area contributed by atoms with Crippen LogP contribution in [0.5, 0.6) is 0 Å². The number of hydrogen-bond acceptors (Lipinski definition) is 9. The summed E-state index contributed by atoms with van der Waals surface area (Å²) in [5.41, 5.74) is 13.3. The highest BCUT2D eigenvalue weighted by Crippen LogP contribution is 2.33. The van der Waals surface area contributed by atoms with Crippen molar-refractivity contribution in [3.05, 3.63) is 24.7 Å². The van der Waals surface area contributed by atoms with Crippen LogP contribution in [0.2, 0.25) is 0 Å². The first-order chi connectivity index (χ1) is 18.1. The highest BCUT2D eigenvalue weighted by Gasteiger charge is 2.22. The van der Waals surface area contributed by atoms with Gasteiger partial charge in [0.2, 0.25) is 5.95 Å². The lowest BCUT2D eigenvalue weighted by Crippen LogP contribution is -2.44. The van der Waals surface area contributed by atoms with Crippen LogP contribution in [0.1, 0.15) is 44.6 Å². The van der Waals surface area contributed by atoms with Crippen molar-refractivity contribution in [2.75, 3.05) is 61.8 Å². The molecule has 0 aromatic carbocycles. The SMILES string of the molecule is CN1CCN(c2ccc(Nc3nc(NCCCCN=C(N)N)nc4c3ncn4C3CCCC3)cn2)CC1. The van der Waals surface area contributed by atoms with E-state index < -0.39 is 0 Å². The Morgan fingerprint density at radius 2 is 1.86 bits per heavy atom. The second-order valence-electron chi connectivity index (χ2n) is 9.92. The summed E-state index contributed by atoms with van der Waals surface area (Å²) in [5, 5.41) is 6.82. The van der Waals surface area contributed by atoms with Crippen molar-refractivity contribution in [2.45, 2.75) is 44.6 Å². The number of aromatic nitrogens is 5. The van der Waals surface area contributed by atoms with Gasteiger partial charge in [-0.25, -0.2) is 9.97 Å². The number of fused-ring (bicyclic) bond motifs is 1. The summed E-state index contributed by atoms with van der Waals surface area (Å²) in [6.07, 6.45) is 10.4. The molecule has 12 heteroatoms. The largest absolute Gasteiger partial charge is 0.370 e. The number of imidazole rings is 1. The Morgan fingerprint density at radius 1 is 1.05 bits per heavy atom. The number of rotatable bonds is 10. The van der Waals surface area contributed by atoms with Crippen LogP contribution < -0.4 is 27.0 Å². The van der Waals surface area contributed by atoms with Crippen LogP contribution in [-0.4, -0.2) is 81.7 Å². The Morgan fingerprint density at radius 3 is 2.59 bits per heavy atom. The first kappa shape index (κ1) is 25.0. The number of anilines is 4. The van der Waals surface area contributed by atoms with Crippen LogP contribution in [-0.2, 0) is 0 Å². The molecule has 0 atom stereocenters. The van der Waals surface area contributed by atoms with Crippen LogP contribution in [0.3, 0.4) is 0 Å². The molecule has 2 fully saturated rings. The van der Waals surface area contributed by atoms with Crippen molar-refractivity contribution in [1.29, 1.82) is 0 Å². The summed E-state index contributed by atoms with van der Waals surface area (Å²) in [5.74, 6) is 2.39. The molecular weight excluding hydrogens is 468 g/mol. The summed E-state index contributed by atoms with van der Waals surface area (Å²) >= 11 is 0. The number of piperazine rings is 1. The van der Waals surface area contributed by atoms with Gasteiger partial charge >= 0.3 is 0 Å². The molecule has 3 aromatic heterocycles. The Kier molecular flexibility index (Phi) is 7.83. The van der Waals surface area contributed by atoms with E-state index in [1.165, 1.54) is 12.8 Å². The van der Waals surface area contributed by atoms with Gasteiger partial charge in [-0.3, -0.25) is 4.99 Å². The van der Waals surface area contributed by atoms with E-state index in [9.17, 15) is 0 Å². The predicted octanol–water partition coefficient (Wildman–Crippen LogP) is 2.30. The Hall–Kier alpha value is -3.67. The third kappa shape index (κ3) is 6.19. The fourth-order valence-corrected chi connectivity index (χ4v) is 5.00. The molecule has 198 valence electrons. The van der Waals surface area contributed by atoms with E-state index in [1.54, 1.807) is 0 Å². The standard InChI is InChI=1S/C25H38N12/c1-35-12-14-36(15-13-35)20-9-8-18(16-30-20)32-22-21-23(37(17-31-21)19-6-2-3-7-19)34-25(33-22)29-11-5-4-10-28-24(26)27/h8-9,16-17,19H,2-7,10-15H2,1H3,(H4,26,27,28)(H2,29,32,33,34). The fourth-order valence-electron chi connectivity index (χ4n) is 5.00. The topological polar surface area (TPSA) is 151 Å². The quantitative estimate of drug-likeness (QED) is 0.183. The van der Waals surface area contributed by atoms with Crippen molar-refractivity contribution in [1.82, 2.24) is 29.4 Å². The van der Waals surface area contributed by atoms with Gasteiger partial charge < -0.3 is 36.5 Å². The molecule has 0 amide bonds. The minimum Gasteiger partial charge on any atom is -0.370 e.